The summed E-state index contributed by atoms with van der Waals surface area (Å²) < 4.78 is 9.83. The number of esters is 2. The van der Waals surface area contributed by atoms with Crippen LogP contribution in [0.15, 0.2) is 46.4 Å². The van der Waals surface area contributed by atoms with Crippen molar-refractivity contribution in [2.75, 3.05) is 19.5 Å². The molecule has 1 aromatic heterocycles. The summed E-state index contributed by atoms with van der Waals surface area (Å²) in [5.41, 5.74) is 1.96. The van der Waals surface area contributed by atoms with Gasteiger partial charge in [-0.3, -0.25) is 9.78 Å². The van der Waals surface area contributed by atoms with Gasteiger partial charge in [-0.2, -0.15) is 5.26 Å². The topological polar surface area (TPSA) is 101 Å². The van der Waals surface area contributed by atoms with Crippen molar-refractivity contribution in [3.05, 3.63) is 52.0 Å². The normalized spacial score (nSPS) is 16.6. The van der Waals surface area contributed by atoms with E-state index in [4.69, 9.17) is 4.74 Å². The fraction of sp³-hybridized carbons (Fsp3) is 0.333. The second-order valence-electron chi connectivity index (χ2n) is 5.32. The van der Waals surface area contributed by atoms with Crippen molar-refractivity contribution in [3.63, 3.8) is 0 Å². The van der Waals surface area contributed by atoms with Crippen molar-refractivity contribution in [1.29, 1.82) is 5.26 Å². The van der Waals surface area contributed by atoms with E-state index in [0.29, 0.717) is 27.4 Å². The Morgan fingerprint density at radius 3 is 2.81 bits per heavy atom. The number of pyridine rings is 1. The van der Waals surface area contributed by atoms with E-state index in [1.807, 2.05) is 0 Å². The fourth-order valence-electron chi connectivity index (χ4n) is 2.58. The van der Waals surface area contributed by atoms with Gasteiger partial charge in [0.2, 0.25) is 0 Å². The van der Waals surface area contributed by atoms with Crippen LogP contribution in [-0.2, 0) is 19.1 Å². The number of nitrogens with zero attached hydrogens (tertiary/aromatic N) is 2. The van der Waals surface area contributed by atoms with Gasteiger partial charge in [0.1, 0.15) is 0 Å². The van der Waals surface area contributed by atoms with E-state index in [1.165, 1.54) is 7.11 Å². The van der Waals surface area contributed by atoms with Crippen LogP contribution in [0.5, 0.6) is 0 Å². The number of aromatic nitrogens is 1. The highest BCUT2D eigenvalue weighted by Crippen LogP contribution is 2.40. The summed E-state index contributed by atoms with van der Waals surface area (Å²) in [6.45, 7) is 3.69. The largest absolute Gasteiger partial charge is 0.468 e. The van der Waals surface area contributed by atoms with Crippen molar-refractivity contribution in [1.82, 2.24) is 10.3 Å². The number of carbonyl (C=O) groups is 2. The van der Waals surface area contributed by atoms with Gasteiger partial charge in [0.15, 0.2) is 0 Å². The minimum absolute atomic E-state index is 0.0474. The summed E-state index contributed by atoms with van der Waals surface area (Å²) in [4.78, 5) is 28.1. The smallest absolute Gasteiger partial charge is 0.336 e. The molecule has 0 amide bonds. The summed E-state index contributed by atoms with van der Waals surface area (Å²) in [7, 11) is 1.30. The van der Waals surface area contributed by atoms with Crippen molar-refractivity contribution in [2.24, 2.45) is 0 Å². The number of allylic oxidation sites excluding steroid dienone is 2. The highest BCUT2D eigenvalue weighted by atomic mass is 32.2. The zero-order chi connectivity index (χ0) is 19.1. The van der Waals surface area contributed by atoms with Crippen LogP contribution in [0.1, 0.15) is 25.3 Å². The molecule has 2 rings (SSSR count). The Balaban J connectivity index is 2.51. The van der Waals surface area contributed by atoms with Crippen LogP contribution < -0.4 is 5.32 Å². The molecule has 7 nitrogen and oxygen atoms in total. The van der Waals surface area contributed by atoms with Gasteiger partial charge in [0, 0.05) is 18.1 Å². The maximum Gasteiger partial charge on any atom is 0.336 e. The van der Waals surface area contributed by atoms with Gasteiger partial charge >= 0.3 is 11.9 Å². The van der Waals surface area contributed by atoms with Crippen molar-refractivity contribution < 1.29 is 19.1 Å². The number of nitriles is 1. The van der Waals surface area contributed by atoms with Crippen LogP contribution in [0.3, 0.4) is 0 Å². The van der Waals surface area contributed by atoms with Crippen LogP contribution in [0.2, 0.25) is 0 Å². The number of ether oxygens (including phenoxy) is 2. The maximum atomic E-state index is 12.5. The predicted octanol–water partition coefficient (Wildman–Crippen LogP) is 2.25. The Morgan fingerprint density at radius 1 is 1.46 bits per heavy atom. The van der Waals surface area contributed by atoms with Crippen molar-refractivity contribution in [3.8, 4) is 6.07 Å². The zero-order valence-electron chi connectivity index (χ0n) is 14.7. The zero-order valence-corrected chi connectivity index (χ0v) is 15.6. The van der Waals surface area contributed by atoms with Crippen LogP contribution in [-0.4, -0.2) is 36.4 Å². The first-order valence-corrected chi connectivity index (χ1v) is 8.90. The Hall–Kier alpha value is -2.79. The molecule has 26 heavy (non-hydrogen) atoms. The lowest BCUT2D eigenvalue weighted by atomic mass is 9.83. The third-order valence-electron chi connectivity index (χ3n) is 3.72. The minimum atomic E-state index is -0.617. The average Bonchev–Trinajstić information content (AvgIpc) is 2.66. The second-order valence-corrected chi connectivity index (χ2v) is 6.31. The maximum absolute atomic E-state index is 12.5. The molecule has 0 fully saturated rings. The molecule has 0 saturated heterocycles. The molecule has 8 heteroatoms. The molecule has 1 N–H and O–H groups in total. The second kappa shape index (κ2) is 9.06. The molecule has 0 bridgehead atoms. The third-order valence-corrected chi connectivity index (χ3v) is 4.71. The van der Waals surface area contributed by atoms with Gasteiger partial charge in [-0.1, -0.05) is 17.8 Å². The molecule has 0 aliphatic carbocycles. The van der Waals surface area contributed by atoms with E-state index in [2.05, 4.69) is 21.1 Å². The van der Waals surface area contributed by atoms with Crippen LogP contribution >= 0.6 is 11.8 Å². The predicted molar refractivity (Wildman–Crippen MR) is 96.6 cm³/mol. The Bertz CT molecular complexity index is 796. The minimum Gasteiger partial charge on any atom is -0.468 e. The summed E-state index contributed by atoms with van der Waals surface area (Å²) in [5, 5.41) is 13.3. The number of nitrogens with one attached hydrogen (secondary N) is 1. The lowest BCUT2D eigenvalue weighted by Gasteiger charge is -2.29. The first-order chi connectivity index (χ1) is 12.5. The molecule has 2 heterocycles. The van der Waals surface area contributed by atoms with Gasteiger partial charge < -0.3 is 14.8 Å². The van der Waals surface area contributed by atoms with Gasteiger partial charge in [-0.15, -0.1) is 0 Å². The molecule has 0 aromatic carbocycles. The van der Waals surface area contributed by atoms with E-state index in [0.717, 1.165) is 11.8 Å². The number of rotatable bonds is 6. The number of methoxy groups -OCH3 is 1. The molecule has 1 aromatic rings. The highest BCUT2D eigenvalue weighted by Gasteiger charge is 2.35. The quantitative estimate of drug-likeness (QED) is 0.758. The first kappa shape index (κ1) is 19.5. The SMILES string of the molecule is CCOC(=O)C1=C(C)NC(SCC(=O)OC)=C(C#N)C1c1cccnc1. The van der Waals surface area contributed by atoms with Crippen LogP contribution in [0.25, 0.3) is 0 Å². The van der Waals surface area contributed by atoms with Crippen molar-refractivity contribution >= 4 is 23.7 Å². The summed E-state index contributed by atoms with van der Waals surface area (Å²) >= 11 is 1.16. The Kier molecular flexibility index (Phi) is 6.81. The molecule has 1 unspecified atom stereocenters. The number of dihydropyridines is 1. The van der Waals surface area contributed by atoms with Crippen LogP contribution in [0.4, 0.5) is 0 Å². The van der Waals surface area contributed by atoms with E-state index in [1.54, 1.807) is 38.4 Å². The lowest BCUT2D eigenvalue weighted by molar-refractivity contribution is -0.139. The van der Waals surface area contributed by atoms with Gasteiger partial charge in [-0.05, 0) is 25.5 Å². The van der Waals surface area contributed by atoms with Crippen molar-refractivity contribution in [2.45, 2.75) is 19.8 Å². The Labute approximate surface area is 156 Å². The van der Waals surface area contributed by atoms with Gasteiger partial charge in [0.25, 0.3) is 0 Å². The first-order valence-electron chi connectivity index (χ1n) is 7.92. The average molecular weight is 373 g/mol. The molecular formula is C18H19N3O4S. The standard InChI is InChI=1S/C18H19N3O4S/c1-4-25-18(23)15-11(2)21-17(26-10-14(22)24-3)13(8-19)16(15)12-6-5-7-20-9-12/h5-7,9,16,21H,4,10H2,1-3H3. The van der Waals surface area contributed by atoms with E-state index < -0.39 is 17.9 Å². The number of carbonyl (C=O) groups excluding carboxylic acids is 2. The fourth-order valence-corrected chi connectivity index (χ4v) is 3.50. The van der Waals surface area contributed by atoms with E-state index >= 15 is 0 Å². The summed E-state index contributed by atoms with van der Waals surface area (Å²) in [6, 6.07) is 5.71. The molecular weight excluding hydrogens is 354 g/mol. The molecule has 0 saturated carbocycles. The molecule has 136 valence electrons. The third kappa shape index (κ3) is 4.24. The summed E-state index contributed by atoms with van der Waals surface area (Å²) in [5.74, 6) is -1.46. The number of thioether (sulfide) groups is 1. The molecule has 1 aliphatic heterocycles. The number of hydrogen-bond acceptors (Lipinski definition) is 8. The highest BCUT2D eigenvalue weighted by molar-refractivity contribution is 8.03. The van der Waals surface area contributed by atoms with Gasteiger partial charge in [0.05, 0.1) is 47.6 Å². The van der Waals surface area contributed by atoms with Crippen LogP contribution in [0, 0.1) is 11.3 Å². The molecule has 0 radical (unpaired) electrons. The van der Waals surface area contributed by atoms with Gasteiger partial charge in [-0.25, -0.2) is 4.79 Å². The molecule has 0 spiro atoms. The summed E-state index contributed by atoms with van der Waals surface area (Å²) in [6.07, 6.45) is 3.23. The monoisotopic (exact) mass is 373 g/mol. The lowest BCUT2D eigenvalue weighted by Crippen LogP contribution is -2.29. The van der Waals surface area contributed by atoms with E-state index in [9.17, 15) is 14.9 Å². The molecule has 1 aliphatic rings. The number of hydrogen-bond donors (Lipinski definition) is 1. The van der Waals surface area contributed by atoms with E-state index in [-0.39, 0.29) is 12.4 Å². The molecule has 1 atom stereocenters. The Morgan fingerprint density at radius 2 is 2.23 bits per heavy atom.